The van der Waals surface area contributed by atoms with Crippen molar-refractivity contribution in [1.29, 1.82) is 0 Å². The summed E-state index contributed by atoms with van der Waals surface area (Å²) >= 11 is 0. The first kappa shape index (κ1) is 25.1. The second kappa shape index (κ2) is 10.5. The van der Waals surface area contributed by atoms with Crippen LogP contribution >= 0.6 is 0 Å². The van der Waals surface area contributed by atoms with E-state index in [0.717, 1.165) is 29.3 Å². The van der Waals surface area contributed by atoms with Gasteiger partial charge in [0.1, 0.15) is 25.3 Å². The minimum Gasteiger partial charge on any atom is -0.475 e. The van der Waals surface area contributed by atoms with E-state index in [0.29, 0.717) is 13.2 Å². The fourth-order valence-corrected chi connectivity index (χ4v) is 5.82. The molecule has 3 aromatic carbocycles. The van der Waals surface area contributed by atoms with Gasteiger partial charge in [-0.1, -0.05) is 83.0 Å². The molecule has 1 aliphatic carbocycles. The van der Waals surface area contributed by atoms with Crippen molar-refractivity contribution in [3.63, 3.8) is 0 Å². The molecule has 1 unspecified atom stereocenters. The molecule has 0 fully saturated rings. The van der Waals surface area contributed by atoms with E-state index in [-0.39, 0.29) is 12.1 Å². The summed E-state index contributed by atoms with van der Waals surface area (Å²) in [5.74, 6) is 1.45. The maximum atomic E-state index is 6.17. The lowest BCUT2D eigenvalue weighted by atomic mass is 9.88. The van der Waals surface area contributed by atoms with Gasteiger partial charge in [-0.15, -0.1) is 0 Å². The topological polar surface area (TPSA) is 43.2 Å². The van der Waals surface area contributed by atoms with Crippen molar-refractivity contribution in [2.75, 3.05) is 13.2 Å². The Hall–Kier alpha value is -4.18. The van der Waals surface area contributed by atoms with Gasteiger partial charge in [-0.25, -0.2) is 9.98 Å². The lowest BCUT2D eigenvalue weighted by Crippen LogP contribution is -2.13. The molecule has 0 radical (unpaired) electrons. The zero-order valence-corrected chi connectivity index (χ0v) is 23.1. The fraction of sp³-hybridized carbons (Fsp3) is 0.257. The standard InChI is InChI=1S/C35H34N2O2/c1-22-14-23(2)17-26(16-22)34-36-32(20-38-34)30-12-7-5-6-10-28(30)29-11-8-9-13-31(29)33-21-39-35(37-33)27-18-24(3)15-25(4)19-27/h5-6,8-19,32-33H,7,20-21H2,1-4H3/t32?,33-/m1/s1. The molecular weight excluding hydrogens is 480 g/mol. The van der Waals surface area contributed by atoms with E-state index in [9.17, 15) is 0 Å². The highest BCUT2D eigenvalue weighted by molar-refractivity contribution is 5.97. The molecule has 0 spiro atoms. The Morgan fingerprint density at radius 3 is 1.90 bits per heavy atom. The molecule has 2 heterocycles. The predicted molar refractivity (Wildman–Crippen MR) is 160 cm³/mol. The molecule has 0 saturated carbocycles. The first-order valence-corrected chi connectivity index (χ1v) is 13.7. The monoisotopic (exact) mass is 514 g/mol. The molecule has 0 bridgehead atoms. The van der Waals surface area contributed by atoms with Gasteiger partial charge in [-0.3, -0.25) is 0 Å². The molecule has 4 heteroatoms. The average Bonchev–Trinajstić information content (AvgIpc) is 3.53. The van der Waals surface area contributed by atoms with E-state index in [2.05, 4.69) is 113 Å². The summed E-state index contributed by atoms with van der Waals surface area (Å²) in [5.41, 5.74) is 11.7. The predicted octanol–water partition coefficient (Wildman–Crippen LogP) is 7.55. The number of nitrogens with zero attached hydrogens (tertiary/aromatic N) is 2. The highest BCUT2D eigenvalue weighted by Gasteiger charge is 2.30. The Labute approximate surface area is 231 Å². The second-order valence-electron chi connectivity index (χ2n) is 10.8. The lowest BCUT2D eigenvalue weighted by Gasteiger charge is -2.19. The molecule has 0 N–H and O–H groups in total. The number of hydrogen-bond donors (Lipinski definition) is 0. The first-order chi connectivity index (χ1) is 18.9. The summed E-state index contributed by atoms with van der Waals surface area (Å²) in [5, 5.41) is 0. The Kier molecular flexibility index (Phi) is 6.78. The van der Waals surface area contributed by atoms with Crippen LogP contribution in [0.3, 0.4) is 0 Å². The van der Waals surface area contributed by atoms with Crippen LogP contribution in [0.2, 0.25) is 0 Å². The van der Waals surface area contributed by atoms with Crippen LogP contribution in [0.5, 0.6) is 0 Å². The minimum atomic E-state index is -0.0689. The van der Waals surface area contributed by atoms with E-state index in [4.69, 9.17) is 19.5 Å². The number of ether oxygens (including phenoxy) is 2. The summed E-state index contributed by atoms with van der Waals surface area (Å²) < 4.78 is 12.3. The molecular formula is C35H34N2O2. The van der Waals surface area contributed by atoms with Gasteiger partial charge in [-0.2, -0.15) is 0 Å². The maximum Gasteiger partial charge on any atom is 0.216 e. The highest BCUT2D eigenvalue weighted by Crippen LogP contribution is 2.38. The Morgan fingerprint density at radius 1 is 0.692 bits per heavy atom. The van der Waals surface area contributed by atoms with Crippen LogP contribution in [0.15, 0.2) is 101 Å². The minimum absolute atomic E-state index is 0.0609. The lowest BCUT2D eigenvalue weighted by molar-refractivity contribution is 0.319. The zero-order valence-electron chi connectivity index (χ0n) is 23.1. The summed E-state index contributed by atoms with van der Waals surface area (Å²) in [6, 6.07) is 21.4. The SMILES string of the molecule is Cc1cc(C)cc(C2=NC(C3=CCC=CC=C3c3ccccc3[C@H]3COC(c4cc(C)cc(C)c4)=N3)CO2)c1. The van der Waals surface area contributed by atoms with E-state index in [1.165, 1.54) is 44.5 Å². The van der Waals surface area contributed by atoms with Crippen molar-refractivity contribution >= 4 is 17.4 Å². The Morgan fingerprint density at radius 2 is 1.26 bits per heavy atom. The molecule has 6 rings (SSSR count). The highest BCUT2D eigenvalue weighted by atomic mass is 16.5. The molecule has 0 aromatic heterocycles. The molecule has 2 atom stereocenters. The van der Waals surface area contributed by atoms with Crippen molar-refractivity contribution in [3.05, 3.63) is 135 Å². The van der Waals surface area contributed by atoms with Crippen molar-refractivity contribution in [2.45, 2.75) is 46.2 Å². The van der Waals surface area contributed by atoms with Gasteiger partial charge in [0.15, 0.2) is 0 Å². The van der Waals surface area contributed by atoms with Gasteiger partial charge < -0.3 is 9.47 Å². The third-order valence-electron chi connectivity index (χ3n) is 7.39. The van der Waals surface area contributed by atoms with Crippen LogP contribution in [0.4, 0.5) is 0 Å². The van der Waals surface area contributed by atoms with Gasteiger partial charge >= 0.3 is 0 Å². The summed E-state index contributed by atoms with van der Waals surface area (Å²) in [6.07, 6.45) is 9.71. The van der Waals surface area contributed by atoms with Crippen LogP contribution in [0.25, 0.3) is 5.57 Å². The van der Waals surface area contributed by atoms with Crippen LogP contribution < -0.4 is 0 Å². The number of hydrogen-bond acceptors (Lipinski definition) is 4. The summed E-state index contributed by atoms with van der Waals surface area (Å²) in [7, 11) is 0. The number of benzene rings is 3. The molecule has 0 saturated heterocycles. The quantitative estimate of drug-likeness (QED) is 0.353. The van der Waals surface area contributed by atoms with Crippen molar-refractivity contribution in [1.82, 2.24) is 0 Å². The van der Waals surface area contributed by atoms with Crippen molar-refractivity contribution in [2.24, 2.45) is 9.98 Å². The average molecular weight is 515 g/mol. The number of allylic oxidation sites excluding steroid dienone is 4. The summed E-state index contributed by atoms with van der Waals surface area (Å²) in [6.45, 7) is 9.51. The van der Waals surface area contributed by atoms with Crippen molar-refractivity contribution < 1.29 is 9.47 Å². The van der Waals surface area contributed by atoms with Gasteiger partial charge in [-0.05, 0) is 80.7 Å². The van der Waals surface area contributed by atoms with E-state index >= 15 is 0 Å². The van der Waals surface area contributed by atoms with Crippen LogP contribution in [-0.4, -0.2) is 31.1 Å². The van der Waals surface area contributed by atoms with E-state index in [1.807, 2.05) is 0 Å². The van der Waals surface area contributed by atoms with Crippen LogP contribution in [0, 0.1) is 27.7 Å². The number of aliphatic imine (C=N–C) groups is 2. The molecule has 196 valence electrons. The molecule has 4 nitrogen and oxygen atoms in total. The zero-order chi connectivity index (χ0) is 26.9. The maximum absolute atomic E-state index is 6.17. The smallest absolute Gasteiger partial charge is 0.216 e. The van der Waals surface area contributed by atoms with Gasteiger partial charge in [0.05, 0.1) is 0 Å². The number of rotatable bonds is 5. The largest absolute Gasteiger partial charge is 0.475 e. The molecule has 2 aliphatic heterocycles. The van der Waals surface area contributed by atoms with Gasteiger partial charge in [0, 0.05) is 11.1 Å². The molecule has 3 aromatic rings. The third-order valence-corrected chi connectivity index (χ3v) is 7.39. The molecule has 0 amide bonds. The van der Waals surface area contributed by atoms with Gasteiger partial charge in [0.25, 0.3) is 0 Å². The van der Waals surface area contributed by atoms with Crippen LogP contribution in [-0.2, 0) is 9.47 Å². The summed E-state index contributed by atoms with van der Waals surface area (Å²) in [4.78, 5) is 10.1. The van der Waals surface area contributed by atoms with Crippen LogP contribution in [0.1, 0.15) is 57.0 Å². The Bertz CT molecular complexity index is 1550. The van der Waals surface area contributed by atoms with E-state index in [1.54, 1.807) is 0 Å². The molecule has 3 aliphatic rings. The fourth-order valence-electron chi connectivity index (χ4n) is 5.82. The normalized spacial score (nSPS) is 20.4. The first-order valence-electron chi connectivity index (χ1n) is 13.7. The molecule has 39 heavy (non-hydrogen) atoms. The van der Waals surface area contributed by atoms with Gasteiger partial charge in [0.2, 0.25) is 11.8 Å². The number of aryl methyl sites for hydroxylation is 4. The van der Waals surface area contributed by atoms with Crippen molar-refractivity contribution in [3.8, 4) is 0 Å². The third kappa shape index (κ3) is 5.24. The Balaban J connectivity index is 1.34. The van der Waals surface area contributed by atoms with E-state index < -0.39 is 0 Å². The second-order valence-corrected chi connectivity index (χ2v) is 10.8.